The van der Waals surface area contributed by atoms with Crippen LogP contribution in [0.2, 0.25) is 0 Å². The molecule has 2 aliphatic rings. The first-order chi connectivity index (χ1) is 9.62. The molecule has 0 atom stereocenters. The molecule has 1 fully saturated rings. The summed E-state index contributed by atoms with van der Waals surface area (Å²) >= 11 is 0. The van der Waals surface area contributed by atoms with Crippen LogP contribution in [-0.4, -0.2) is 49.8 Å². The summed E-state index contributed by atoms with van der Waals surface area (Å²) in [5.41, 5.74) is 1.55. The van der Waals surface area contributed by atoms with E-state index in [1.807, 2.05) is 6.07 Å². The van der Waals surface area contributed by atoms with Crippen molar-refractivity contribution in [2.24, 2.45) is 0 Å². The number of nitrogens with zero attached hydrogens (tertiary/aromatic N) is 1. The summed E-state index contributed by atoms with van der Waals surface area (Å²) < 4.78 is 11.2. The molecule has 1 saturated heterocycles. The van der Waals surface area contributed by atoms with Crippen molar-refractivity contribution < 1.29 is 9.47 Å². The molecule has 0 saturated carbocycles. The average molecular weight is 276 g/mol. The summed E-state index contributed by atoms with van der Waals surface area (Å²) in [6.07, 6.45) is 1.06. The van der Waals surface area contributed by atoms with E-state index in [2.05, 4.69) is 36.2 Å². The molecule has 1 aromatic carbocycles. The molecule has 0 unspecified atom stereocenters. The Kier molecular flexibility index (Phi) is 3.85. The zero-order chi connectivity index (χ0) is 14.0. The Labute approximate surface area is 121 Å². The van der Waals surface area contributed by atoms with Gasteiger partial charge in [0.25, 0.3) is 0 Å². The third-order valence-corrected chi connectivity index (χ3v) is 3.97. The summed E-state index contributed by atoms with van der Waals surface area (Å²) in [5.74, 6) is 1.78. The van der Waals surface area contributed by atoms with Crippen molar-refractivity contribution in [2.75, 3.05) is 39.4 Å². The standard InChI is InChI=1S/C16H24N2O2/c1-16(2)12-18(8-6-17-16)7-5-13-3-4-14-15(11-13)20-10-9-19-14/h3-4,11,17H,5-10,12H2,1-2H3. The summed E-state index contributed by atoms with van der Waals surface area (Å²) in [5, 5.41) is 3.55. The van der Waals surface area contributed by atoms with Gasteiger partial charge in [-0.3, -0.25) is 4.90 Å². The monoisotopic (exact) mass is 276 g/mol. The molecule has 0 radical (unpaired) electrons. The van der Waals surface area contributed by atoms with Gasteiger partial charge in [-0.25, -0.2) is 0 Å². The van der Waals surface area contributed by atoms with E-state index in [1.165, 1.54) is 5.56 Å². The van der Waals surface area contributed by atoms with Crippen molar-refractivity contribution in [3.05, 3.63) is 23.8 Å². The molecule has 3 rings (SSSR count). The quantitative estimate of drug-likeness (QED) is 0.911. The smallest absolute Gasteiger partial charge is 0.161 e. The number of hydrogen-bond acceptors (Lipinski definition) is 4. The zero-order valence-corrected chi connectivity index (χ0v) is 12.4. The Morgan fingerprint density at radius 1 is 1.20 bits per heavy atom. The summed E-state index contributed by atoms with van der Waals surface area (Å²) in [4.78, 5) is 2.54. The summed E-state index contributed by atoms with van der Waals surface area (Å²) in [6.45, 7) is 10.3. The summed E-state index contributed by atoms with van der Waals surface area (Å²) in [7, 11) is 0. The molecule has 0 aromatic heterocycles. The van der Waals surface area contributed by atoms with Gasteiger partial charge in [0.1, 0.15) is 13.2 Å². The predicted octanol–water partition coefficient (Wildman–Crippen LogP) is 1.68. The largest absolute Gasteiger partial charge is 0.486 e. The van der Waals surface area contributed by atoms with E-state index < -0.39 is 0 Å². The number of fused-ring (bicyclic) bond motifs is 1. The molecule has 1 aromatic rings. The Hall–Kier alpha value is -1.26. The first-order valence-electron chi connectivity index (χ1n) is 7.48. The lowest BCUT2D eigenvalue weighted by Gasteiger charge is -2.39. The fourth-order valence-electron chi connectivity index (χ4n) is 2.97. The van der Waals surface area contributed by atoms with Crippen molar-refractivity contribution in [1.82, 2.24) is 10.2 Å². The Balaban J connectivity index is 1.58. The van der Waals surface area contributed by atoms with Crippen LogP contribution in [0.4, 0.5) is 0 Å². The summed E-state index contributed by atoms with van der Waals surface area (Å²) in [6, 6.07) is 6.31. The normalized spacial score (nSPS) is 21.7. The topological polar surface area (TPSA) is 33.7 Å². The first-order valence-corrected chi connectivity index (χ1v) is 7.48. The van der Waals surface area contributed by atoms with Crippen molar-refractivity contribution in [3.8, 4) is 11.5 Å². The van der Waals surface area contributed by atoms with Crippen LogP contribution < -0.4 is 14.8 Å². The lowest BCUT2D eigenvalue weighted by Crippen LogP contribution is -2.57. The highest BCUT2D eigenvalue weighted by atomic mass is 16.6. The van der Waals surface area contributed by atoms with Crippen LogP contribution in [0.3, 0.4) is 0 Å². The van der Waals surface area contributed by atoms with Gasteiger partial charge in [0.05, 0.1) is 0 Å². The molecule has 0 aliphatic carbocycles. The van der Waals surface area contributed by atoms with Gasteiger partial charge in [-0.05, 0) is 38.0 Å². The number of benzene rings is 1. The van der Waals surface area contributed by atoms with Crippen LogP contribution in [0, 0.1) is 0 Å². The van der Waals surface area contributed by atoms with Gasteiger partial charge in [-0.1, -0.05) is 6.07 Å². The van der Waals surface area contributed by atoms with E-state index in [-0.39, 0.29) is 5.54 Å². The Morgan fingerprint density at radius 3 is 2.80 bits per heavy atom. The van der Waals surface area contributed by atoms with Crippen molar-refractivity contribution in [1.29, 1.82) is 0 Å². The molecule has 2 aliphatic heterocycles. The lowest BCUT2D eigenvalue weighted by molar-refractivity contribution is 0.156. The average Bonchev–Trinajstić information content (AvgIpc) is 2.44. The van der Waals surface area contributed by atoms with Gasteiger partial charge in [-0.2, -0.15) is 0 Å². The Morgan fingerprint density at radius 2 is 2.00 bits per heavy atom. The fourth-order valence-corrected chi connectivity index (χ4v) is 2.97. The number of piperazine rings is 1. The van der Waals surface area contributed by atoms with Gasteiger partial charge >= 0.3 is 0 Å². The van der Waals surface area contributed by atoms with Gasteiger partial charge in [-0.15, -0.1) is 0 Å². The molecule has 4 heteroatoms. The lowest BCUT2D eigenvalue weighted by atomic mass is 10.0. The van der Waals surface area contributed by atoms with Gasteiger partial charge < -0.3 is 14.8 Å². The molecule has 0 amide bonds. The van der Waals surface area contributed by atoms with Crippen molar-refractivity contribution in [2.45, 2.75) is 25.8 Å². The SMILES string of the molecule is CC1(C)CN(CCc2ccc3c(c2)OCCO3)CCN1. The number of hydrogen-bond donors (Lipinski definition) is 1. The Bertz CT molecular complexity index is 474. The minimum Gasteiger partial charge on any atom is -0.486 e. The molecule has 20 heavy (non-hydrogen) atoms. The minimum absolute atomic E-state index is 0.227. The highest BCUT2D eigenvalue weighted by Crippen LogP contribution is 2.30. The van der Waals surface area contributed by atoms with E-state index >= 15 is 0 Å². The minimum atomic E-state index is 0.227. The maximum atomic E-state index is 5.64. The predicted molar refractivity (Wildman–Crippen MR) is 79.7 cm³/mol. The van der Waals surface area contributed by atoms with Crippen LogP contribution in [-0.2, 0) is 6.42 Å². The molecule has 1 N–H and O–H groups in total. The molecular weight excluding hydrogens is 252 g/mol. The van der Waals surface area contributed by atoms with Gasteiger partial charge in [0.15, 0.2) is 11.5 Å². The van der Waals surface area contributed by atoms with E-state index in [1.54, 1.807) is 0 Å². The zero-order valence-electron chi connectivity index (χ0n) is 12.4. The van der Waals surface area contributed by atoms with Crippen molar-refractivity contribution >= 4 is 0 Å². The van der Waals surface area contributed by atoms with Crippen LogP contribution >= 0.6 is 0 Å². The fraction of sp³-hybridized carbons (Fsp3) is 0.625. The number of ether oxygens (including phenoxy) is 2. The maximum absolute atomic E-state index is 5.64. The second-order valence-corrected chi connectivity index (χ2v) is 6.31. The second-order valence-electron chi connectivity index (χ2n) is 6.31. The highest BCUT2D eigenvalue weighted by Gasteiger charge is 2.25. The molecule has 2 heterocycles. The molecule has 110 valence electrons. The van der Waals surface area contributed by atoms with Gasteiger partial charge in [0.2, 0.25) is 0 Å². The van der Waals surface area contributed by atoms with Crippen molar-refractivity contribution in [3.63, 3.8) is 0 Å². The molecule has 0 bridgehead atoms. The maximum Gasteiger partial charge on any atom is 0.161 e. The molecule has 4 nitrogen and oxygen atoms in total. The van der Waals surface area contributed by atoms with E-state index in [9.17, 15) is 0 Å². The van der Waals surface area contributed by atoms with Crippen LogP contribution in [0.15, 0.2) is 18.2 Å². The third kappa shape index (κ3) is 3.25. The van der Waals surface area contributed by atoms with Crippen LogP contribution in [0.5, 0.6) is 11.5 Å². The third-order valence-electron chi connectivity index (χ3n) is 3.97. The number of nitrogens with one attached hydrogen (secondary N) is 1. The number of rotatable bonds is 3. The first kappa shape index (κ1) is 13.7. The van der Waals surface area contributed by atoms with Crippen LogP contribution in [0.1, 0.15) is 19.4 Å². The highest BCUT2D eigenvalue weighted by molar-refractivity contribution is 5.43. The molecular formula is C16H24N2O2. The van der Waals surface area contributed by atoms with Crippen LogP contribution in [0.25, 0.3) is 0 Å². The second kappa shape index (κ2) is 5.62. The van der Waals surface area contributed by atoms with E-state index in [0.29, 0.717) is 13.2 Å². The van der Waals surface area contributed by atoms with E-state index in [4.69, 9.17) is 9.47 Å². The molecule has 0 spiro atoms. The van der Waals surface area contributed by atoms with E-state index in [0.717, 1.165) is 44.1 Å². The van der Waals surface area contributed by atoms with Gasteiger partial charge in [0, 0.05) is 31.7 Å².